The van der Waals surface area contributed by atoms with E-state index in [0.29, 0.717) is 45.4 Å². The molecule has 0 radical (unpaired) electrons. The average molecular weight is 624 g/mol. The Labute approximate surface area is 255 Å². The molecule has 13 heteroatoms. The Hall–Kier alpha value is -4.16. The largest absolute Gasteiger partial charge is 0.477 e. The van der Waals surface area contributed by atoms with Gasteiger partial charge in [-0.1, -0.05) is 17.7 Å². The van der Waals surface area contributed by atoms with Gasteiger partial charge in [-0.2, -0.15) is 13.8 Å². The molecule has 0 spiro atoms. The number of fused-ring (bicyclic) bond motifs is 2. The number of rotatable bonds is 9. The van der Waals surface area contributed by atoms with Gasteiger partial charge in [-0.3, -0.25) is 0 Å². The van der Waals surface area contributed by atoms with E-state index in [9.17, 15) is 18.7 Å². The number of halogens is 3. The molecule has 7 rings (SSSR count). The number of imidazole rings is 1. The molecule has 228 valence electrons. The van der Waals surface area contributed by atoms with E-state index in [1.165, 1.54) is 12.1 Å². The fourth-order valence-corrected chi connectivity index (χ4v) is 6.27. The molecule has 44 heavy (non-hydrogen) atoms. The van der Waals surface area contributed by atoms with Crippen LogP contribution in [0.4, 0.5) is 8.78 Å². The first kappa shape index (κ1) is 28.6. The lowest BCUT2D eigenvalue weighted by Crippen LogP contribution is -2.32. The zero-order valence-electron chi connectivity index (χ0n) is 23.5. The van der Waals surface area contributed by atoms with Crippen LogP contribution in [-0.2, 0) is 24.3 Å². The first-order valence-electron chi connectivity index (χ1n) is 14.5. The van der Waals surface area contributed by atoms with Gasteiger partial charge in [0.05, 0.1) is 23.9 Å². The number of benzene rings is 1. The number of carboxylic acid groups (broad SMARTS) is 1. The van der Waals surface area contributed by atoms with Crippen LogP contribution >= 0.6 is 11.6 Å². The summed E-state index contributed by atoms with van der Waals surface area (Å²) in [6, 6.07) is 6.86. The third kappa shape index (κ3) is 5.59. The highest BCUT2D eigenvalue weighted by atomic mass is 35.5. The molecule has 0 unspecified atom stereocenters. The summed E-state index contributed by atoms with van der Waals surface area (Å²) in [6.45, 7) is 1.22. The number of aromatic carboxylic acids is 1. The maximum absolute atomic E-state index is 14.6. The number of hydrogen-bond acceptors (Lipinski definition) is 8. The van der Waals surface area contributed by atoms with E-state index in [-0.39, 0.29) is 35.8 Å². The predicted molar refractivity (Wildman–Crippen MR) is 155 cm³/mol. The fraction of sp³-hybridized carbons (Fsp3) is 0.387. The van der Waals surface area contributed by atoms with Gasteiger partial charge in [-0.05, 0) is 56.2 Å². The van der Waals surface area contributed by atoms with Crippen molar-refractivity contribution in [3.63, 3.8) is 0 Å². The summed E-state index contributed by atoms with van der Waals surface area (Å²) in [6.07, 6.45) is 6.26. The van der Waals surface area contributed by atoms with Crippen LogP contribution in [0.15, 0.2) is 40.9 Å². The Morgan fingerprint density at radius 1 is 1.09 bits per heavy atom. The molecule has 5 heterocycles. The van der Waals surface area contributed by atoms with E-state index in [1.54, 1.807) is 18.2 Å². The van der Waals surface area contributed by atoms with Crippen molar-refractivity contribution >= 4 is 39.7 Å². The molecule has 1 saturated carbocycles. The van der Waals surface area contributed by atoms with Crippen LogP contribution in [0, 0.1) is 17.7 Å². The molecule has 10 nitrogen and oxygen atoms in total. The van der Waals surface area contributed by atoms with Gasteiger partial charge >= 0.3 is 5.97 Å². The number of furan rings is 1. The second kappa shape index (κ2) is 11.7. The molecular formula is C31H28ClF2N5O5. The molecule has 1 N–H and O–H groups in total. The molecule has 0 amide bonds. The molecule has 1 atom stereocenters. The SMILES string of the molecule is O=C(O)c1ccc2nc(CC3CCC(c4ncc(F)c(OCc5ccc(Cl)c6cc(F)oc56)n4)CC3)n(C[C@@H]3CCO3)c2n1. The van der Waals surface area contributed by atoms with Crippen LogP contribution in [0.5, 0.6) is 5.88 Å². The minimum Gasteiger partial charge on any atom is -0.477 e. The number of nitrogens with zero attached hydrogens (tertiary/aromatic N) is 5. The van der Waals surface area contributed by atoms with Crippen LogP contribution in [0.25, 0.3) is 22.1 Å². The number of hydrogen-bond donors (Lipinski definition) is 1. The van der Waals surface area contributed by atoms with Crippen molar-refractivity contribution in [2.24, 2.45) is 5.92 Å². The van der Waals surface area contributed by atoms with Gasteiger partial charge in [0.25, 0.3) is 11.9 Å². The van der Waals surface area contributed by atoms with E-state index < -0.39 is 17.8 Å². The topological polar surface area (TPSA) is 125 Å². The van der Waals surface area contributed by atoms with Crippen LogP contribution in [0.2, 0.25) is 5.02 Å². The number of ether oxygens (including phenoxy) is 2. The summed E-state index contributed by atoms with van der Waals surface area (Å²) < 4.78 is 46.9. The Morgan fingerprint density at radius 3 is 2.66 bits per heavy atom. The molecule has 4 aromatic heterocycles. The van der Waals surface area contributed by atoms with E-state index in [2.05, 4.69) is 15.0 Å². The second-order valence-corrected chi connectivity index (χ2v) is 11.8. The summed E-state index contributed by atoms with van der Waals surface area (Å²) >= 11 is 6.14. The zero-order valence-corrected chi connectivity index (χ0v) is 24.3. The highest BCUT2D eigenvalue weighted by Crippen LogP contribution is 2.37. The monoisotopic (exact) mass is 623 g/mol. The molecule has 2 fully saturated rings. The maximum Gasteiger partial charge on any atom is 0.354 e. The normalized spacial score (nSPS) is 20.2. The smallest absolute Gasteiger partial charge is 0.354 e. The Morgan fingerprint density at radius 2 is 1.91 bits per heavy atom. The summed E-state index contributed by atoms with van der Waals surface area (Å²) in [5.41, 5.74) is 1.97. The van der Waals surface area contributed by atoms with Crippen molar-refractivity contribution in [2.75, 3.05) is 6.61 Å². The van der Waals surface area contributed by atoms with Crippen molar-refractivity contribution in [1.29, 1.82) is 0 Å². The molecule has 1 aliphatic carbocycles. The van der Waals surface area contributed by atoms with Crippen molar-refractivity contribution < 1.29 is 32.6 Å². The standard InChI is InChI=1S/C31H28ClF2N5O5/c32-21-6-5-18(27-20(21)12-25(34)44-27)15-43-30-22(33)13-35-28(38-30)17-3-1-16(2-4-17)11-26-36-23-7-8-24(31(40)41)37-29(23)39(26)14-19-9-10-42-19/h5-8,12-13,16-17,19H,1-4,9-11,14-15H2,(H,40,41)/t16?,17?,19-/m0/s1. The van der Waals surface area contributed by atoms with Gasteiger partial charge in [0.2, 0.25) is 5.82 Å². The molecule has 1 saturated heterocycles. The quantitative estimate of drug-likeness (QED) is 0.196. The molecule has 2 aliphatic rings. The predicted octanol–water partition coefficient (Wildman–Crippen LogP) is 6.48. The van der Waals surface area contributed by atoms with Crippen molar-refractivity contribution in [1.82, 2.24) is 24.5 Å². The minimum absolute atomic E-state index is 0.0146. The van der Waals surface area contributed by atoms with Gasteiger partial charge in [-0.15, -0.1) is 0 Å². The van der Waals surface area contributed by atoms with Crippen molar-refractivity contribution in [2.45, 2.75) is 63.7 Å². The first-order chi connectivity index (χ1) is 21.3. The van der Waals surface area contributed by atoms with E-state index >= 15 is 0 Å². The van der Waals surface area contributed by atoms with E-state index in [4.69, 9.17) is 30.5 Å². The van der Waals surface area contributed by atoms with Crippen molar-refractivity contribution in [3.8, 4) is 5.88 Å². The number of carboxylic acids is 1. The third-order valence-electron chi connectivity index (χ3n) is 8.53. The van der Waals surface area contributed by atoms with Crippen LogP contribution < -0.4 is 4.74 Å². The third-order valence-corrected chi connectivity index (χ3v) is 8.86. The van der Waals surface area contributed by atoms with E-state index in [0.717, 1.165) is 57.2 Å². The lowest BCUT2D eigenvalue weighted by Gasteiger charge is -2.29. The highest BCUT2D eigenvalue weighted by molar-refractivity contribution is 6.35. The Balaban J connectivity index is 1.03. The number of carbonyl (C=O) groups is 1. The average Bonchev–Trinajstić information content (AvgIpc) is 3.55. The molecular weight excluding hydrogens is 596 g/mol. The molecule has 5 aromatic rings. The maximum atomic E-state index is 14.6. The Bertz CT molecular complexity index is 1870. The summed E-state index contributed by atoms with van der Waals surface area (Å²) in [7, 11) is 0. The summed E-state index contributed by atoms with van der Waals surface area (Å²) in [5, 5.41) is 10.2. The minimum atomic E-state index is -1.08. The van der Waals surface area contributed by atoms with Crippen LogP contribution in [0.3, 0.4) is 0 Å². The molecule has 0 bridgehead atoms. The second-order valence-electron chi connectivity index (χ2n) is 11.4. The number of aromatic nitrogens is 5. The highest BCUT2D eigenvalue weighted by Gasteiger charge is 2.29. The molecule has 1 aromatic carbocycles. The summed E-state index contributed by atoms with van der Waals surface area (Å²) in [4.78, 5) is 29.4. The Kier molecular flexibility index (Phi) is 7.63. The number of pyridine rings is 1. The van der Waals surface area contributed by atoms with Gasteiger partial charge in [0.15, 0.2) is 11.3 Å². The van der Waals surface area contributed by atoms with Gasteiger partial charge in [0.1, 0.15) is 29.4 Å². The van der Waals surface area contributed by atoms with Gasteiger partial charge in [0, 0.05) is 36.0 Å². The zero-order chi connectivity index (χ0) is 30.4. The van der Waals surface area contributed by atoms with E-state index in [1.807, 2.05) is 4.57 Å². The lowest BCUT2D eigenvalue weighted by molar-refractivity contribution is -0.0591. The van der Waals surface area contributed by atoms with Crippen LogP contribution in [0.1, 0.15) is 65.7 Å². The van der Waals surface area contributed by atoms with Gasteiger partial charge < -0.3 is 23.6 Å². The fourth-order valence-electron chi connectivity index (χ4n) is 6.07. The van der Waals surface area contributed by atoms with Crippen molar-refractivity contribution in [3.05, 3.63) is 76.3 Å². The summed E-state index contributed by atoms with van der Waals surface area (Å²) in [5.74, 6) is -0.163. The molecule has 1 aliphatic heterocycles. The van der Waals surface area contributed by atoms with Gasteiger partial charge in [-0.25, -0.2) is 19.7 Å². The first-order valence-corrected chi connectivity index (χ1v) is 14.9. The van der Waals surface area contributed by atoms with Crippen LogP contribution in [-0.4, -0.2) is 48.3 Å². The lowest BCUT2D eigenvalue weighted by atomic mass is 9.80.